The van der Waals surface area contributed by atoms with E-state index < -0.39 is 0 Å². The number of allylic oxidation sites excluding steroid dienone is 1. The lowest BCUT2D eigenvalue weighted by Crippen LogP contribution is -2.18. The summed E-state index contributed by atoms with van der Waals surface area (Å²) in [6.45, 7) is 0. The normalized spacial score (nSPS) is 33.8. The predicted molar refractivity (Wildman–Crippen MR) is 51.6 cm³/mol. The topological polar surface area (TPSA) is 9.23 Å². The number of rotatable bonds is 1. The summed E-state index contributed by atoms with van der Waals surface area (Å²) in [7, 11) is 1.78. The average Bonchev–Trinajstić information content (AvgIpc) is 2.13. The van der Waals surface area contributed by atoms with Crippen molar-refractivity contribution in [2.75, 3.05) is 7.11 Å². The van der Waals surface area contributed by atoms with Gasteiger partial charge in [0.25, 0.3) is 0 Å². The zero-order chi connectivity index (χ0) is 7.40. The van der Waals surface area contributed by atoms with Crippen LogP contribution in [0.25, 0.3) is 0 Å². The first-order chi connectivity index (χ1) is 4.84. The second-order valence-electron chi connectivity index (χ2n) is 2.58. The summed E-state index contributed by atoms with van der Waals surface area (Å²) in [5.41, 5.74) is 0. The number of ether oxygens (including phenoxy) is 1. The lowest BCUT2D eigenvalue weighted by Gasteiger charge is -2.14. The number of hydrogen-bond donors (Lipinski definition) is 0. The van der Waals surface area contributed by atoms with E-state index in [1.54, 1.807) is 7.11 Å². The minimum Gasteiger partial charge on any atom is -0.376 e. The second kappa shape index (κ2) is 4.34. The highest BCUT2D eigenvalue weighted by atomic mass is 127. The molecular formula is C8H13IO. The zero-order valence-corrected chi connectivity index (χ0v) is 8.37. The molecule has 0 bridgehead atoms. The molecule has 0 aliphatic heterocycles. The van der Waals surface area contributed by atoms with Gasteiger partial charge >= 0.3 is 0 Å². The van der Waals surface area contributed by atoms with Crippen LogP contribution in [0, 0.1) is 0 Å². The molecule has 2 atom stereocenters. The van der Waals surface area contributed by atoms with Gasteiger partial charge < -0.3 is 4.74 Å². The van der Waals surface area contributed by atoms with Gasteiger partial charge in [0.2, 0.25) is 0 Å². The highest BCUT2D eigenvalue weighted by Gasteiger charge is 2.16. The van der Waals surface area contributed by atoms with Gasteiger partial charge in [-0.1, -0.05) is 34.7 Å². The highest BCUT2D eigenvalue weighted by molar-refractivity contribution is 14.1. The van der Waals surface area contributed by atoms with Gasteiger partial charge in [-0.05, 0) is 19.3 Å². The summed E-state index contributed by atoms with van der Waals surface area (Å²) >= 11 is 2.47. The van der Waals surface area contributed by atoms with E-state index in [0.29, 0.717) is 10.0 Å². The van der Waals surface area contributed by atoms with E-state index in [0.717, 1.165) is 0 Å². The van der Waals surface area contributed by atoms with E-state index in [-0.39, 0.29) is 0 Å². The van der Waals surface area contributed by atoms with Crippen molar-refractivity contribution < 1.29 is 4.74 Å². The molecule has 0 spiro atoms. The molecule has 0 radical (unpaired) electrons. The summed E-state index contributed by atoms with van der Waals surface area (Å²) in [6.07, 6.45) is 8.58. The van der Waals surface area contributed by atoms with Crippen LogP contribution in [0.5, 0.6) is 0 Å². The molecule has 10 heavy (non-hydrogen) atoms. The number of halogens is 1. The van der Waals surface area contributed by atoms with Gasteiger partial charge in [-0.2, -0.15) is 0 Å². The molecule has 0 heterocycles. The monoisotopic (exact) mass is 252 g/mol. The summed E-state index contributed by atoms with van der Waals surface area (Å²) < 4.78 is 5.96. The van der Waals surface area contributed by atoms with Crippen LogP contribution in [0.3, 0.4) is 0 Å². The van der Waals surface area contributed by atoms with E-state index in [1.807, 2.05) is 0 Å². The summed E-state index contributed by atoms with van der Waals surface area (Å²) in [6, 6.07) is 0. The largest absolute Gasteiger partial charge is 0.376 e. The quantitative estimate of drug-likeness (QED) is 0.396. The van der Waals surface area contributed by atoms with Gasteiger partial charge in [0.1, 0.15) is 0 Å². The van der Waals surface area contributed by atoms with Crippen molar-refractivity contribution >= 4 is 22.6 Å². The number of alkyl halides is 1. The van der Waals surface area contributed by atoms with Gasteiger partial charge in [0.05, 0.1) is 6.10 Å². The lowest BCUT2D eigenvalue weighted by molar-refractivity contribution is 0.141. The fourth-order valence-corrected chi connectivity index (χ4v) is 2.15. The molecule has 2 heteroatoms. The van der Waals surface area contributed by atoms with Gasteiger partial charge in [0.15, 0.2) is 0 Å². The average molecular weight is 252 g/mol. The third kappa shape index (κ3) is 2.23. The van der Waals surface area contributed by atoms with Crippen molar-refractivity contribution in [3.8, 4) is 0 Å². The van der Waals surface area contributed by atoms with Crippen LogP contribution in [0.15, 0.2) is 12.2 Å². The zero-order valence-electron chi connectivity index (χ0n) is 6.22. The highest BCUT2D eigenvalue weighted by Crippen LogP contribution is 2.21. The Hall–Kier alpha value is 0.430. The standard InChI is InChI=1S/C8H13IO/c1-10-8-6-4-2-3-5-7(8)9/h4,6-8H,2-3,5H2,1H3/t7-,8-/m1/s1. The van der Waals surface area contributed by atoms with E-state index in [1.165, 1.54) is 19.3 Å². The first-order valence-electron chi connectivity index (χ1n) is 3.68. The van der Waals surface area contributed by atoms with Crippen molar-refractivity contribution in [2.45, 2.75) is 29.3 Å². The molecule has 0 unspecified atom stereocenters. The minimum atomic E-state index is 0.350. The van der Waals surface area contributed by atoms with Gasteiger partial charge in [-0.25, -0.2) is 0 Å². The Kier molecular flexibility index (Phi) is 3.70. The molecule has 0 saturated carbocycles. The molecule has 0 saturated heterocycles. The van der Waals surface area contributed by atoms with Crippen LogP contribution in [0.1, 0.15) is 19.3 Å². The Balaban J connectivity index is 2.48. The van der Waals surface area contributed by atoms with Crippen molar-refractivity contribution in [1.82, 2.24) is 0 Å². The molecule has 1 nitrogen and oxygen atoms in total. The van der Waals surface area contributed by atoms with Crippen LogP contribution >= 0.6 is 22.6 Å². The molecule has 1 rings (SSSR count). The van der Waals surface area contributed by atoms with Crippen LogP contribution < -0.4 is 0 Å². The smallest absolute Gasteiger partial charge is 0.0869 e. The molecule has 0 aromatic heterocycles. The Morgan fingerprint density at radius 3 is 3.10 bits per heavy atom. The molecule has 1 aliphatic rings. The number of methoxy groups -OCH3 is 1. The third-order valence-electron chi connectivity index (χ3n) is 1.81. The van der Waals surface area contributed by atoms with Crippen molar-refractivity contribution in [1.29, 1.82) is 0 Å². The summed E-state index contributed by atoms with van der Waals surface area (Å²) in [5.74, 6) is 0. The molecule has 0 amide bonds. The molecule has 1 aliphatic carbocycles. The van der Waals surface area contributed by atoms with Crippen LogP contribution in [-0.4, -0.2) is 17.1 Å². The maximum atomic E-state index is 5.29. The first-order valence-corrected chi connectivity index (χ1v) is 4.92. The summed E-state index contributed by atoms with van der Waals surface area (Å²) in [4.78, 5) is 0. The van der Waals surface area contributed by atoms with E-state index in [4.69, 9.17) is 4.74 Å². The van der Waals surface area contributed by atoms with Gasteiger partial charge in [-0.15, -0.1) is 0 Å². The van der Waals surface area contributed by atoms with Crippen LogP contribution in [0.2, 0.25) is 0 Å². The molecule has 0 fully saturated rings. The molecule has 0 aromatic carbocycles. The summed E-state index contributed by atoms with van der Waals surface area (Å²) in [5, 5.41) is 0. The maximum absolute atomic E-state index is 5.29. The fourth-order valence-electron chi connectivity index (χ4n) is 1.17. The number of hydrogen-bond acceptors (Lipinski definition) is 1. The maximum Gasteiger partial charge on any atom is 0.0869 e. The van der Waals surface area contributed by atoms with E-state index >= 15 is 0 Å². The minimum absolute atomic E-state index is 0.350. The Labute approximate surface area is 76.0 Å². The van der Waals surface area contributed by atoms with Crippen LogP contribution in [-0.2, 0) is 4.74 Å². The fraction of sp³-hybridized carbons (Fsp3) is 0.750. The van der Waals surface area contributed by atoms with Gasteiger partial charge in [0, 0.05) is 11.0 Å². The van der Waals surface area contributed by atoms with Gasteiger partial charge in [-0.3, -0.25) is 0 Å². The van der Waals surface area contributed by atoms with E-state index in [9.17, 15) is 0 Å². The first kappa shape index (κ1) is 8.53. The van der Waals surface area contributed by atoms with Crippen molar-refractivity contribution in [3.05, 3.63) is 12.2 Å². The second-order valence-corrected chi connectivity index (χ2v) is 4.18. The van der Waals surface area contributed by atoms with Crippen LogP contribution in [0.4, 0.5) is 0 Å². The van der Waals surface area contributed by atoms with Crippen molar-refractivity contribution in [3.63, 3.8) is 0 Å². The molecule has 0 N–H and O–H groups in total. The third-order valence-corrected chi connectivity index (χ3v) is 3.14. The molecular weight excluding hydrogens is 239 g/mol. The Bertz CT molecular complexity index is 122. The molecule has 58 valence electrons. The molecule has 0 aromatic rings. The lowest BCUT2D eigenvalue weighted by atomic mass is 10.2. The predicted octanol–water partition coefficient (Wildman–Crippen LogP) is 2.55. The Morgan fingerprint density at radius 1 is 1.60 bits per heavy atom. The SMILES string of the molecule is CO[C@@H]1C=CCCC[C@H]1I. The Morgan fingerprint density at radius 2 is 2.40 bits per heavy atom. The van der Waals surface area contributed by atoms with E-state index in [2.05, 4.69) is 34.7 Å². The van der Waals surface area contributed by atoms with Crippen molar-refractivity contribution in [2.24, 2.45) is 0 Å².